The molecule has 0 bridgehead atoms. The van der Waals surface area contributed by atoms with Gasteiger partial charge < -0.3 is 10.4 Å². The van der Waals surface area contributed by atoms with Crippen molar-refractivity contribution in [1.82, 2.24) is 14.7 Å². The summed E-state index contributed by atoms with van der Waals surface area (Å²) in [5.74, 6) is 0.900. The van der Waals surface area contributed by atoms with Crippen LogP contribution in [-0.4, -0.2) is 44.8 Å². The topological polar surface area (TPSA) is 70.4 Å². The van der Waals surface area contributed by atoms with E-state index >= 15 is 0 Å². The Morgan fingerprint density at radius 3 is 3.00 bits per heavy atom. The van der Waals surface area contributed by atoms with Gasteiger partial charge in [-0.05, 0) is 49.9 Å². The van der Waals surface area contributed by atoms with Crippen LogP contribution in [0.4, 0.5) is 5.82 Å². The Morgan fingerprint density at radius 1 is 1.36 bits per heavy atom. The predicted octanol–water partition coefficient (Wildman–Crippen LogP) is 2.55. The molecule has 6 nitrogen and oxygen atoms in total. The molecule has 1 amide bonds. The summed E-state index contributed by atoms with van der Waals surface area (Å²) in [6.07, 6.45) is 7.20. The SMILES string of the molecule is Cn1ccc(NC(=O)CN2CCCC[C@H]2CCc2cccc(O)c2)n1. The van der Waals surface area contributed by atoms with Gasteiger partial charge in [-0.1, -0.05) is 18.6 Å². The Hall–Kier alpha value is -2.34. The number of carbonyl (C=O) groups is 1. The van der Waals surface area contributed by atoms with Gasteiger partial charge in [-0.3, -0.25) is 14.4 Å². The normalized spacial score (nSPS) is 18.2. The summed E-state index contributed by atoms with van der Waals surface area (Å²) in [6, 6.07) is 9.64. The maximum Gasteiger partial charge on any atom is 0.239 e. The first-order valence-electron chi connectivity index (χ1n) is 8.91. The number of amides is 1. The molecule has 6 heteroatoms. The number of hydrogen-bond acceptors (Lipinski definition) is 4. The Balaban J connectivity index is 1.54. The van der Waals surface area contributed by atoms with Crippen LogP contribution in [0.5, 0.6) is 5.75 Å². The van der Waals surface area contributed by atoms with Crippen LogP contribution in [0.15, 0.2) is 36.5 Å². The zero-order chi connectivity index (χ0) is 17.6. The van der Waals surface area contributed by atoms with Crippen LogP contribution in [0.3, 0.4) is 0 Å². The lowest BCUT2D eigenvalue weighted by Crippen LogP contribution is -2.44. The fourth-order valence-electron chi connectivity index (χ4n) is 3.49. The molecule has 1 fully saturated rings. The maximum absolute atomic E-state index is 12.3. The van der Waals surface area contributed by atoms with Crippen LogP contribution in [0, 0.1) is 0 Å². The van der Waals surface area contributed by atoms with Crippen molar-refractivity contribution < 1.29 is 9.90 Å². The van der Waals surface area contributed by atoms with E-state index < -0.39 is 0 Å². The minimum Gasteiger partial charge on any atom is -0.508 e. The van der Waals surface area contributed by atoms with Gasteiger partial charge in [-0.15, -0.1) is 0 Å². The van der Waals surface area contributed by atoms with Crippen LogP contribution >= 0.6 is 0 Å². The number of aromatic nitrogens is 2. The van der Waals surface area contributed by atoms with E-state index in [0.29, 0.717) is 24.2 Å². The van der Waals surface area contributed by atoms with Crippen molar-refractivity contribution >= 4 is 11.7 Å². The third kappa shape index (κ3) is 5.06. The smallest absolute Gasteiger partial charge is 0.239 e. The number of aryl methyl sites for hydroxylation is 2. The summed E-state index contributed by atoms with van der Waals surface area (Å²) in [7, 11) is 1.83. The molecule has 1 atom stereocenters. The van der Waals surface area contributed by atoms with Crippen LogP contribution in [0.25, 0.3) is 0 Å². The highest BCUT2D eigenvalue weighted by molar-refractivity contribution is 5.91. The van der Waals surface area contributed by atoms with E-state index in [4.69, 9.17) is 0 Å². The second-order valence-corrected chi connectivity index (χ2v) is 6.75. The number of nitrogens with one attached hydrogen (secondary N) is 1. The minimum absolute atomic E-state index is 0.0112. The van der Waals surface area contributed by atoms with E-state index in [1.807, 2.05) is 31.4 Å². The molecule has 0 unspecified atom stereocenters. The molecule has 1 aliphatic heterocycles. The zero-order valence-electron chi connectivity index (χ0n) is 14.7. The number of phenols is 1. The van der Waals surface area contributed by atoms with Gasteiger partial charge in [0.1, 0.15) is 5.75 Å². The number of piperidine rings is 1. The third-order valence-corrected chi connectivity index (χ3v) is 4.75. The van der Waals surface area contributed by atoms with Gasteiger partial charge in [-0.2, -0.15) is 5.10 Å². The van der Waals surface area contributed by atoms with Crippen LogP contribution < -0.4 is 5.32 Å². The highest BCUT2D eigenvalue weighted by Crippen LogP contribution is 2.22. The van der Waals surface area contributed by atoms with Gasteiger partial charge >= 0.3 is 0 Å². The lowest BCUT2D eigenvalue weighted by Gasteiger charge is -2.35. The van der Waals surface area contributed by atoms with Crippen LogP contribution in [0.1, 0.15) is 31.2 Å². The van der Waals surface area contributed by atoms with E-state index in [0.717, 1.165) is 37.8 Å². The van der Waals surface area contributed by atoms with Crippen molar-refractivity contribution in [3.8, 4) is 5.75 Å². The molecule has 0 aliphatic carbocycles. The number of aromatic hydroxyl groups is 1. The summed E-state index contributed by atoms with van der Waals surface area (Å²) in [4.78, 5) is 14.6. The first-order valence-corrected chi connectivity index (χ1v) is 8.91. The highest BCUT2D eigenvalue weighted by Gasteiger charge is 2.24. The van der Waals surface area contributed by atoms with Gasteiger partial charge in [0.05, 0.1) is 6.54 Å². The predicted molar refractivity (Wildman–Crippen MR) is 97.5 cm³/mol. The largest absolute Gasteiger partial charge is 0.508 e. The van der Waals surface area contributed by atoms with Gasteiger partial charge in [0.15, 0.2) is 5.82 Å². The number of hydrogen-bond donors (Lipinski definition) is 2. The number of anilines is 1. The maximum atomic E-state index is 12.3. The highest BCUT2D eigenvalue weighted by atomic mass is 16.3. The van der Waals surface area contributed by atoms with Crippen molar-refractivity contribution in [2.45, 2.75) is 38.1 Å². The Labute approximate surface area is 148 Å². The Kier molecular flexibility index (Phi) is 5.71. The molecule has 2 heterocycles. The van der Waals surface area contributed by atoms with Crippen LogP contribution in [0.2, 0.25) is 0 Å². The summed E-state index contributed by atoms with van der Waals surface area (Å²) >= 11 is 0. The van der Waals surface area contributed by atoms with E-state index in [1.165, 1.54) is 6.42 Å². The number of carbonyl (C=O) groups excluding carboxylic acids is 1. The van der Waals surface area contributed by atoms with Crippen molar-refractivity contribution in [2.75, 3.05) is 18.4 Å². The second-order valence-electron chi connectivity index (χ2n) is 6.75. The van der Waals surface area contributed by atoms with Gasteiger partial charge in [0, 0.05) is 25.4 Å². The minimum atomic E-state index is -0.0112. The average Bonchev–Trinajstić information content (AvgIpc) is 2.99. The standard InChI is InChI=1S/C19H26N4O2/c1-22-12-10-18(21-22)20-19(25)14-23-11-3-2-6-16(23)9-8-15-5-4-7-17(24)13-15/h4-5,7,10,12-13,16,24H,2-3,6,8-9,11,14H2,1H3,(H,20,21,25)/t16-/m0/s1. The van der Waals surface area contributed by atoms with Gasteiger partial charge in [0.2, 0.25) is 5.91 Å². The first-order chi connectivity index (χ1) is 12.1. The van der Waals surface area contributed by atoms with E-state index in [1.54, 1.807) is 16.8 Å². The monoisotopic (exact) mass is 342 g/mol. The molecular weight excluding hydrogens is 316 g/mol. The van der Waals surface area contributed by atoms with Gasteiger partial charge in [0.25, 0.3) is 0 Å². The quantitative estimate of drug-likeness (QED) is 0.846. The van der Waals surface area contributed by atoms with Crippen molar-refractivity contribution in [3.05, 3.63) is 42.1 Å². The lowest BCUT2D eigenvalue weighted by atomic mass is 9.95. The van der Waals surface area contributed by atoms with E-state index in [9.17, 15) is 9.90 Å². The Bertz CT molecular complexity index is 713. The number of rotatable bonds is 6. The molecule has 3 rings (SSSR count). The van der Waals surface area contributed by atoms with Crippen LogP contribution in [-0.2, 0) is 18.3 Å². The number of likely N-dealkylation sites (tertiary alicyclic amines) is 1. The van der Waals surface area contributed by atoms with Crippen molar-refractivity contribution in [3.63, 3.8) is 0 Å². The number of benzene rings is 1. The summed E-state index contributed by atoms with van der Waals surface area (Å²) < 4.78 is 1.68. The molecule has 0 spiro atoms. The molecular formula is C19H26N4O2. The molecule has 134 valence electrons. The molecule has 1 aromatic carbocycles. The van der Waals surface area contributed by atoms with Crippen molar-refractivity contribution in [2.24, 2.45) is 7.05 Å². The molecule has 2 N–H and O–H groups in total. The molecule has 25 heavy (non-hydrogen) atoms. The first kappa shape index (κ1) is 17.5. The average molecular weight is 342 g/mol. The fourth-order valence-corrected chi connectivity index (χ4v) is 3.49. The van der Waals surface area contributed by atoms with Gasteiger partial charge in [-0.25, -0.2) is 0 Å². The number of nitrogens with zero attached hydrogens (tertiary/aromatic N) is 3. The zero-order valence-corrected chi connectivity index (χ0v) is 14.7. The second kappa shape index (κ2) is 8.16. The molecule has 0 saturated carbocycles. The molecule has 0 radical (unpaired) electrons. The Morgan fingerprint density at radius 2 is 2.24 bits per heavy atom. The molecule has 1 aliphatic rings. The molecule has 1 aromatic heterocycles. The summed E-state index contributed by atoms with van der Waals surface area (Å²) in [5, 5.41) is 16.6. The van der Waals surface area contributed by atoms with E-state index in [-0.39, 0.29) is 5.91 Å². The lowest BCUT2D eigenvalue weighted by molar-refractivity contribution is -0.118. The molecule has 2 aromatic rings. The summed E-state index contributed by atoms with van der Waals surface area (Å²) in [6.45, 7) is 1.36. The van der Waals surface area contributed by atoms with E-state index in [2.05, 4.69) is 15.3 Å². The fraction of sp³-hybridized carbons (Fsp3) is 0.474. The third-order valence-electron chi connectivity index (χ3n) is 4.75. The molecule has 1 saturated heterocycles. The summed E-state index contributed by atoms with van der Waals surface area (Å²) in [5.41, 5.74) is 1.14. The number of phenolic OH excluding ortho intramolecular Hbond substituents is 1. The van der Waals surface area contributed by atoms with Crippen molar-refractivity contribution in [1.29, 1.82) is 0 Å².